The summed E-state index contributed by atoms with van der Waals surface area (Å²) in [5.41, 5.74) is 9.15. The number of carbonyl (C=O) groups is 2. The molecule has 0 fully saturated rings. The van der Waals surface area contributed by atoms with Gasteiger partial charge in [0.15, 0.2) is 0 Å². The Labute approximate surface area is 137 Å². The standard InChI is InChI=1S/C18H14N2O2S/c19-15-6-12(10-21)7-16(9-15)20-18(22)17-8-14(11-23-17)13-4-2-1-3-5-13/h1-11H,19H2,(H,20,22). The van der Waals surface area contributed by atoms with Gasteiger partial charge in [0.25, 0.3) is 5.91 Å². The fourth-order valence-corrected chi connectivity index (χ4v) is 3.06. The first-order chi connectivity index (χ1) is 11.2. The maximum Gasteiger partial charge on any atom is 0.265 e. The Morgan fingerprint density at radius 2 is 1.83 bits per heavy atom. The lowest BCUT2D eigenvalue weighted by atomic mass is 10.1. The lowest BCUT2D eigenvalue weighted by molar-refractivity contribution is 0.102. The van der Waals surface area contributed by atoms with Gasteiger partial charge in [0.2, 0.25) is 0 Å². The highest BCUT2D eigenvalue weighted by Crippen LogP contribution is 2.26. The predicted molar refractivity (Wildman–Crippen MR) is 94.0 cm³/mol. The van der Waals surface area contributed by atoms with E-state index in [1.165, 1.54) is 11.3 Å². The van der Waals surface area contributed by atoms with E-state index in [1.807, 2.05) is 41.8 Å². The molecular weight excluding hydrogens is 308 g/mol. The number of aldehydes is 1. The van der Waals surface area contributed by atoms with Crippen molar-refractivity contribution in [3.63, 3.8) is 0 Å². The van der Waals surface area contributed by atoms with Crippen LogP contribution in [0.5, 0.6) is 0 Å². The first-order valence-corrected chi connectivity index (χ1v) is 7.85. The van der Waals surface area contributed by atoms with Crippen LogP contribution in [-0.4, -0.2) is 12.2 Å². The van der Waals surface area contributed by atoms with Gasteiger partial charge in [-0.15, -0.1) is 11.3 Å². The second-order valence-electron chi connectivity index (χ2n) is 5.03. The number of thiophene rings is 1. The summed E-state index contributed by atoms with van der Waals surface area (Å²) in [6, 6.07) is 16.5. The van der Waals surface area contributed by atoms with Crippen molar-refractivity contribution in [3.05, 3.63) is 70.4 Å². The first kappa shape index (κ1) is 15.0. The molecule has 23 heavy (non-hydrogen) atoms. The van der Waals surface area contributed by atoms with Gasteiger partial charge in [0.05, 0.1) is 4.88 Å². The molecule has 0 aliphatic heterocycles. The van der Waals surface area contributed by atoms with E-state index in [0.29, 0.717) is 28.1 Å². The third-order valence-corrected chi connectivity index (χ3v) is 4.23. The number of nitrogens with one attached hydrogen (secondary N) is 1. The zero-order valence-electron chi connectivity index (χ0n) is 12.2. The lowest BCUT2D eigenvalue weighted by Crippen LogP contribution is -2.10. The molecule has 0 saturated heterocycles. The third kappa shape index (κ3) is 3.46. The van der Waals surface area contributed by atoms with Gasteiger partial charge >= 0.3 is 0 Å². The highest BCUT2D eigenvalue weighted by Gasteiger charge is 2.11. The van der Waals surface area contributed by atoms with Crippen molar-refractivity contribution in [3.8, 4) is 11.1 Å². The molecule has 0 saturated carbocycles. The van der Waals surface area contributed by atoms with Crippen molar-refractivity contribution in [2.75, 3.05) is 11.1 Å². The first-order valence-electron chi connectivity index (χ1n) is 6.97. The molecule has 0 bridgehead atoms. The molecule has 1 heterocycles. The minimum atomic E-state index is -0.223. The van der Waals surface area contributed by atoms with Crippen LogP contribution in [-0.2, 0) is 0 Å². The molecule has 1 aromatic heterocycles. The van der Waals surface area contributed by atoms with Crippen LogP contribution >= 0.6 is 11.3 Å². The van der Waals surface area contributed by atoms with Gasteiger partial charge in [0, 0.05) is 16.9 Å². The summed E-state index contributed by atoms with van der Waals surface area (Å²) in [5, 5.41) is 4.72. The van der Waals surface area contributed by atoms with E-state index in [0.717, 1.165) is 11.1 Å². The average Bonchev–Trinajstić information content (AvgIpc) is 3.05. The number of nitrogens with two attached hydrogens (primary N) is 1. The van der Waals surface area contributed by atoms with Crippen LogP contribution in [0.25, 0.3) is 11.1 Å². The van der Waals surface area contributed by atoms with Gasteiger partial charge in [-0.05, 0) is 40.8 Å². The monoisotopic (exact) mass is 322 g/mol. The number of carbonyl (C=O) groups excluding carboxylic acids is 2. The minimum absolute atomic E-state index is 0.223. The Balaban J connectivity index is 1.80. The van der Waals surface area contributed by atoms with Gasteiger partial charge in [-0.2, -0.15) is 0 Å². The van der Waals surface area contributed by atoms with Crippen molar-refractivity contribution in [1.82, 2.24) is 0 Å². The highest BCUT2D eigenvalue weighted by atomic mass is 32.1. The van der Waals surface area contributed by atoms with Gasteiger partial charge in [-0.3, -0.25) is 9.59 Å². The fourth-order valence-electron chi connectivity index (χ4n) is 2.25. The largest absolute Gasteiger partial charge is 0.399 e. The third-order valence-electron chi connectivity index (χ3n) is 3.30. The fraction of sp³-hybridized carbons (Fsp3) is 0. The van der Waals surface area contributed by atoms with E-state index < -0.39 is 0 Å². The summed E-state index contributed by atoms with van der Waals surface area (Å²) in [6.45, 7) is 0. The summed E-state index contributed by atoms with van der Waals surface area (Å²) < 4.78 is 0. The highest BCUT2D eigenvalue weighted by molar-refractivity contribution is 7.12. The summed E-state index contributed by atoms with van der Waals surface area (Å²) in [5.74, 6) is -0.223. The van der Waals surface area contributed by atoms with Crippen molar-refractivity contribution in [1.29, 1.82) is 0 Å². The average molecular weight is 322 g/mol. The van der Waals surface area contributed by atoms with Crippen molar-refractivity contribution in [2.24, 2.45) is 0 Å². The van der Waals surface area contributed by atoms with Crippen molar-refractivity contribution >= 4 is 34.9 Å². The van der Waals surface area contributed by atoms with Crippen LogP contribution in [0.15, 0.2) is 60.0 Å². The van der Waals surface area contributed by atoms with Crippen LogP contribution < -0.4 is 11.1 Å². The smallest absolute Gasteiger partial charge is 0.265 e. The van der Waals surface area contributed by atoms with E-state index in [4.69, 9.17) is 5.73 Å². The predicted octanol–water partition coefficient (Wildman–Crippen LogP) is 4.06. The molecular formula is C18H14N2O2S. The van der Waals surface area contributed by atoms with Crippen LogP contribution in [0.3, 0.4) is 0 Å². The maximum absolute atomic E-state index is 12.3. The van der Waals surface area contributed by atoms with Gasteiger partial charge in [-0.25, -0.2) is 0 Å². The maximum atomic E-state index is 12.3. The molecule has 0 aliphatic rings. The van der Waals surface area contributed by atoms with E-state index in [9.17, 15) is 9.59 Å². The molecule has 0 radical (unpaired) electrons. The van der Waals surface area contributed by atoms with Gasteiger partial charge in [-0.1, -0.05) is 30.3 Å². The Hall–Kier alpha value is -2.92. The molecule has 0 unspecified atom stereocenters. The molecule has 2 aromatic carbocycles. The van der Waals surface area contributed by atoms with Crippen LogP contribution in [0, 0.1) is 0 Å². The number of amides is 1. The lowest BCUT2D eigenvalue weighted by Gasteiger charge is -2.05. The summed E-state index contributed by atoms with van der Waals surface area (Å²) in [7, 11) is 0. The van der Waals surface area contributed by atoms with Crippen molar-refractivity contribution in [2.45, 2.75) is 0 Å². The Bertz CT molecular complexity index is 856. The number of hydrogen-bond donors (Lipinski definition) is 2. The molecule has 4 nitrogen and oxygen atoms in total. The van der Waals surface area contributed by atoms with E-state index in [1.54, 1.807) is 18.2 Å². The van der Waals surface area contributed by atoms with Crippen LogP contribution in [0.4, 0.5) is 11.4 Å². The topological polar surface area (TPSA) is 72.2 Å². The quantitative estimate of drug-likeness (QED) is 0.562. The molecule has 5 heteroatoms. The summed E-state index contributed by atoms with van der Waals surface area (Å²) in [4.78, 5) is 23.8. The molecule has 0 atom stereocenters. The number of rotatable bonds is 4. The Morgan fingerprint density at radius 3 is 2.57 bits per heavy atom. The molecule has 0 spiro atoms. The van der Waals surface area contributed by atoms with E-state index in [2.05, 4.69) is 5.32 Å². The zero-order valence-corrected chi connectivity index (χ0v) is 13.0. The Morgan fingerprint density at radius 1 is 1.04 bits per heavy atom. The van der Waals surface area contributed by atoms with E-state index >= 15 is 0 Å². The molecule has 3 N–H and O–H groups in total. The number of hydrogen-bond acceptors (Lipinski definition) is 4. The molecule has 1 amide bonds. The van der Waals surface area contributed by atoms with Crippen LogP contribution in [0.1, 0.15) is 20.0 Å². The second kappa shape index (κ2) is 6.46. The molecule has 3 rings (SSSR count). The molecule has 0 aliphatic carbocycles. The van der Waals surface area contributed by atoms with E-state index in [-0.39, 0.29) is 5.91 Å². The SMILES string of the molecule is Nc1cc(C=O)cc(NC(=O)c2cc(-c3ccccc3)cs2)c1. The number of anilines is 2. The summed E-state index contributed by atoms with van der Waals surface area (Å²) in [6.07, 6.45) is 0.699. The minimum Gasteiger partial charge on any atom is -0.399 e. The van der Waals surface area contributed by atoms with Gasteiger partial charge < -0.3 is 11.1 Å². The second-order valence-corrected chi connectivity index (χ2v) is 5.94. The number of benzene rings is 2. The Kier molecular flexibility index (Phi) is 4.21. The zero-order chi connectivity index (χ0) is 16.2. The van der Waals surface area contributed by atoms with Crippen molar-refractivity contribution < 1.29 is 9.59 Å². The van der Waals surface area contributed by atoms with Crippen LogP contribution in [0.2, 0.25) is 0 Å². The molecule has 114 valence electrons. The number of nitrogen functional groups attached to an aromatic ring is 1. The normalized spacial score (nSPS) is 10.3. The summed E-state index contributed by atoms with van der Waals surface area (Å²) >= 11 is 1.37. The van der Waals surface area contributed by atoms with Gasteiger partial charge in [0.1, 0.15) is 6.29 Å². The molecule has 3 aromatic rings.